The molecule has 0 aromatic heterocycles. The van der Waals surface area contributed by atoms with Gasteiger partial charge in [0.25, 0.3) is 0 Å². The molecule has 1 atom stereocenters. The van der Waals surface area contributed by atoms with Gasteiger partial charge in [0.1, 0.15) is 11.7 Å². The minimum atomic E-state index is -0.597. The summed E-state index contributed by atoms with van der Waals surface area (Å²) in [5.74, 6) is -1.08. The molecular weight excluding hydrogens is 144 g/mol. The Morgan fingerprint density at radius 1 is 1.36 bits per heavy atom. The van der Waals surface area contributed by atoms with Gasteiger partial charge in [0.2, 0.25) is 0 Å². The molecule has 0 spiro atoms. The topological polar surface area (TPSA) is 43.4 Å². The zero-order chi connectivity index (χ0) is 8.85. The van der Waals surface area contributed by atoms with Gasteiger partial charge in [0.15, 0.2) is 0 Å². The van der Waals surface area contributed by atoms with Crippen molar-refractivity contribution < 1.29 is 14.3 Å². The van der Waals surface area contributed by atoms with Crippen LogP contribution in [0.3, 0.4) is 0 Å². The minimum Gasteiger partial charge on any atom is -0.465 e. The van der Waals surface area contributed by atoms with Gasteiger partial charge in [-0.3, -0.25) is 9.59 Å². The molecule has 0 bridgehead atoms. The van der Waals surface area contributed by atoms with E-state index in [2.05, 4.69) is 4.74 Å². The lowest BCUT2D eigenvalue weighted by molar-refractivity contribution is -0.150. The van der Waals surface area contributed by atoms with Crippen LogP contribution in [0.2, 0.25) is 0 Å². The van der Waals surface area contributed by atoms with Crippen molar-refractivity contribution in [3.63, 3.8) is 0 Å². The Morgan fingerprint density at radius 3 is 2.27 bits per heavy atom. The van der Waals surface area contributed by atoms with E-state index in [0.29, 0.717) is 13.0 Å². The van der Waals surface area contributed by atoms with Crippen LogP contribution in [0.1, 0.15) is 27.2 Å². The second-order valence-electron chi connectivity index (χ2n) is 2.29. The van der Waals surface area contributed by atoms with Gasteiger partial charge in [-0.2, -0.15) is 0 Å². The second kappa shape index (κ2) is 4.88. The lowest BCUT2D eigenvalue weighted by atomic mass is 10.1. The van der Waals surface area contributed by atoms with Gasteiger partial charge in [0, 0.05) is 6.42 Å². The van der Waals surface area contributed by atoms with Crippen molar-refractivity contribution in [3.8, 4) is 0 Å². The Kier molecular flexibility index (Phi) is 4.50. The summed E-state index contributed by atoms with van der Waals surface area (Å²) in [5.41, 5.74) is 0. The Morgan fingerprint density at radius 2 is 1.91 bits per heavy atom. The first-order chi connectivity index (χ1) is 5.13. The summed E-state index contributed by atoms with van der Waals surface area (Å²) in [6.07, 6.45) is 0.389. The van der Waals surface area contributed by atoms with Gasteiger partial charge in [-0.05, 0) is 13.8 Å². The number of carbonyl (C=O) groups excluding carboxylic acids is 2. The number of rotatable bonds is 4. The van der Waals surface area contributed by atoms with Gasteiger partial charge in [0.05, 0.1) is 6.61 Å². The highest BCUT2D eigenvalue weighted by atomic mass is 16.5. The molecule has 0 aromatic carbocycles. The van der Waals surface area contributed by atoms with Crippen LogP contribution in [-0.2, 0) is 14.3 Å². The van der Waals surface area contributed by atoms with Gasteiger partial charge in [-0.15, -0.1) is 0 Å². The molecule has 0 rings (SSSR count). The Hall–Kier alpha value is -0.860. The number of ketones is 1. The van der Waals surface area contributed by atoms with Gasteiger partial charge in [-0.1, -0.05) is 6.92 Å². The molecule has 0 aliphatic rings. The molecule has 0 aromatic rings. The first-order valence-electron chi connectivity index (χ1n) is 3.82. The standard InChI is InChI=1S/C8H14O3/c1-4-7(9)6(3)8(10)11-5-2/h6H,4-5H2,1-3H3. The van der Waals surface area contributed by atoms with Crippen LogP contribution in [0, 0.1) is 5.92 Å². The molecule has 0 saturated heterocycles. The fraction of sp³-hybridized carbons (Fsp3) is 0.750. The molecule has 0 radical (unpaired) electrons. The number of Topliss-reactive ketones (excluding diaryl/α,β-unsaturated/α-hetero) is 1. The highest BCUT2D eigenvalue weighted by molar-refractivity contribution is 5.98. The molecule has 0 amide bonds. The van der Waals surface area contributed by atoms with Crippen LogP contribution in [0.5, 0.6) is 0 Å². The quantitative estimate of drug-likeness (QED) is 0.455. The Bertz CT molecular complexity index is 151. The summed E-state index contributed by atoms with van der Waals surface area (Å²) in [5, 5.41) is 0. The van der Waals surface area contributed by atoms with Crippen molar-refractivity contribution in [2.75, 3.05) is 6.61 Å². The smallest absolute Gasteiger partial charge is 0.316 e. The molecule has 11 heavy (non-hydrogen) atoms. The Balaban J connectivity index is 3.91. The number of hydrogen-bond donors (Lipinski definition) is 0. The third-order valence-electron chi connectivity index (χ3n) is 1.47. The van der Waals surface area contributed by atoms with Crippen LogP contribution in [-0.4, -0.2) is 18.4 Å². The molecule has 0 N–H and O–H groups in total. The SMILES string of the molecule is CCOC(=O)C(C)C(=O)CC. The van der Waals surface area contributed by atoms with Crippen molar-refractivity contribution in [1.82, 2.24) is 0 Å². The first-order valence-corrected chi connectivity index (χ1v) is 3.82. The summed E-state index contributed by atoms with van der Waals surface area (Å²) in [7, 11) is 0. The summed E-state index contributed by atoms with van der Waals surface area (Å²) < 4.78 is 4.67. The summed E-state index contributed by atoms with van der Waals surface area (Å²) >= 11 is 0. The number of carbonyl (C=O) groups is 2. The van der Waals surface area contributed by atoms with Gasteiger partial charge < -0.3 is 4.74 Å². The highest BCUT2D eigenvalue weighted by Crippen LogP contribution is 2.02. The van der Waals surface area contributed by atoms with E-state index in [0.717, 1.165) is 0 Å². The molecule has 64 valence electrons. The fourth-order valence-corrected chi connectivity index (χ4v) is 0.705. The third-order valence-corrected chi connectivity index (χ3v) is 1.47. The summed E-state index contributed by atoms with van der Waals surface area (Å²) in [6.45, 7) is 5.36. The van der Waals surface area contributed by atoms with Crippen molar-refractivity contribution in [1.29, 1.82) is 0 Å². The number of ether oxygens (including phenoxy) is 1. The molecule has 1 unspecified atom stereocenters. The second-order valence-corrected chi connectivity index (χ2v) is 2.29. The maximum absolute atomic E-state index is 10.9. The first kappa shape index (κ1) is 10.1. The lowest BCUT2D eigenvalue weighted by Gasteiger charge is -2.06. The zero-order valence-electron chi connectivity index (χ0n) is 7.22. The van der Waals surface area contributed by atoms with Crippen LogP contribution < -0.4 is 0 Å². The fourth-order valence-electron chi connectivity index (χ4n) is 0.705. The van der Waals surface area contributed by atoms with E-state index < -0.39 is 11.9 Å². The molecule has 0 fully saturated rings. The normalized spacial score (nSPS) is 12.3. The molecule has 0 aliphatic heterocycles. The van der Waals surface area contributed by atoms with E-state index >= 15 is 0 Å². The molecule has 0 aliphatic carbocycles. The van der Waals surface area contributed by atoms with E-state index in [1.54, 1.807) is 20.8 Å². The largest absolute Gasteiger partial charge is 0.465 e. The lowest BCUT2D eigenvalue weighted by Crippen LogP contribution is -2.22. The summed E-state index contributed by atoms with van der Waals surface area (Å²) in [4.78, 5) is 21.8. The molecular formula is C8H14O3. The van der Waals surface area contributed by atoms with Crippen LogP contribution in [0.15, 0.2) is 0 Å². The van der Waals surface area contributed by atoms with Crippen LogP contribution >= 0.6 is 0 Å². The van der Waals surface area contributed by atoms with Gasteiger partial charge in [-0.25, -0.2) is 0 Å². The zero-order valence-corrected chi connectivity index (χ0v) is 7.22. The van der Waals surface area contributed by atoms with E-state index in [1.165, 1.54) is 0 Å². The average molecular weight is 158 g/mol. The molecule has 0 saturated carbocycles. The molecule has 0 heterocycles. The van der Waals surface area contributed by atoms with Crippen molar-refractivity contribution >= 4 is 11.8 Å². The van der Waals surface area contributed by atoms with Crippen molar-refractivity contribution in [3.05, 3.63) is 0 Å². The van der Waals surface area contributed by atoms with Crippen LogP contribution in [0.4, 0.5) is 0 Å². The predicted molar refractivity (Wildman–Crippen MR) is 41.1 cm³/mol. The van der Waals surface area contributed by atoms with E-state index in [9.17, 15) is 9.59 Å². The monoisotopic (exact) mass is 158 g/mol. The van der Waals surface area contributed by atoms with E-state index in [1.807, 2.05) is 0 Å². The van der Waals surface area contributed by atoms with Gasteiger partial charge >= 0.3 is 5.97 Å². The predicted octanol–water partition coefficient (Wildman–Crippen LogP) is 1.16. The van der Waals surface area contributed by atoms with Crippen molar-refractivity contribution in [2.45, 2.75) is 27.2 Å². The van der Waals surface area contributed by atoms with E-state index in [4.69, 9.17) is 0 Å². The van der Waals surface area contributed by atoms with Crippen molar-refractivity contribution in [2.24, 2.45) is 5.92 Å². The van der Waals surface area contributed by atoms with E-state index in [-0.39, 0.29) is 5.78 Å². The number of hydrogen-bond acceptors (Lipinski definition) is 3. The highest BCUT2D eigenvalue weighted by Gasteiger charge is 2.20. The number of esters is 1. The van der Waals surface area contributed by atoms with Crippen LogP contribution in [0.25, 0.3) is 0 Å². The Labute approximate surface area is 66.7 Å². The average Bonchev–Trinajstić information content (AvgIpc) is 2.02. The molecule has 3 nitrogen and oxygen atoms in total. The summed E-state index contributed by atoms with van der Waals surface area (Å²) in [6, 6.07) is 0. The maximum atomic E-state index is 10.9. The third kappa shape index (κ3) is 3.16. The minimum absolute atomic E-state index is 0.0662. The maximum Gasteiger partial charge on any atom is 0.316 e. The molecule has 3 heteroatoms.